The molecule has 0 saturated carbocycles. The first-order valence-corrected chi connectivity index (χ1v) is 12.0. The number of anilines is 1. The summed E-state index contributed by atoms with van der Waals surface area (Å²) in [4.78, 5) is 22.2. The van der Waals surface area contributed by atoms with E-state index in [1.165, 1.54) is 0 Å². The Hall–Kier alpha value is -2.99. The van der Waals surface area contributed by atoms with Crippen LogP contribution in [0.3, 0.4) is 0 Å². The maximum Gasteiger partial charge on any atom is 0.168 e. The summed E-state index contributed by atoms with van der Waals surface area (Å²) in [7, 11) is 0. The van der Waals surface area contributed by atoms with Gasteiger partial charge in [0.25, 0.3) is 0 Å². The topological polar surface area (TPSA) is 80.9 Å². The molecule has 3 aromatic rings. The van der Waals surface area contributed by atoms with Crippen molar-refractivity contribution >= 4 is 39.8 Å². The average molecular weight is 465 g/mol. The number of fused-ring (bicyclic) bond motifs is 1. The minimum Gasteiger partial charge on any atom is -0.368 e. The van der Waals surface area contributed by atoms with Gasteiger partial charge in [0.1, 0.15) is 17.3 Å². The van der Waals surface area contributed by atoms with E-state index in [0.717, 1.165) is 61.1 Å². The van der Waals surface area contributed by atoms with Crippen molar-refractivity contribution in [1.82, 2.24) is 15.1 Å². The van der Waals surface area contributed by atoms with Gasteiger partial charge in [-0.15, -0.1) is 0 Å². The summed E-state index contributed by atoms with van der Waals surface area (Å²) >= 11 is 6.03. The molecule has 0 saturated heterocycles. The number of aromatic nitrogens is 3. The molecule has 0 bridgehead atoms. The Kier molecular flexibility index (Phi) is 7.55. The quantitative estimate of drug-likeness (QED) is 0.332. The molecule has 2 heterocycles. The SMILES string of the molecule is CCC[C@H](CCC(=O)c1c(C2=CCCC=C2)noc1C)CNc1cnc2cc(Cl)ccc2n1. The van der Waals surface area contributed by atoms with E-state index in [9.17, 15) is 4.79 Å². The molecule has 1 N–H and O–H groups in total. The second kappa shape index (κ2) is 10.8. The van der Waals surface area contributed by atoms with Gasteiger partial charge in [-0.1, -0.05) is 48.3 Å². The molecule has 7 heteroatoms. The van der Waals surface area contributed by atoms with Crippen LogP contribution >= 0.6 is 11.6 Å². The Morgan fingerprint density at radius 3 is 2.91 bits per heavy atom. The lowest BCUT2D eigenvalue weighted by molar-refractivity contribution is 0.0972. The minimum absolute atomic E-state index is 0.0899. The lowest BCUT2D eigenvalue weighted by Crippen LogP contribution is -2.17. The number of aryl methyl sites for hydroxylation is 1. The number of halogens is 1. The standard InChI is InChI=1S/C26H29ClN4O2/c1-3-7-18(15-29-24-16-28-22-14-20(27)11-12-21(22)30-24)10-13-23(32)25-17(2)33-31-26(25)19-8-5-4-6-9-19/h5,8-9,11-12,14,16,18H,3-4,6-7,10,13,15H2,1-2H3,(H,29,30)/t18-/m1/s1. The average Bonchev–Trinajstić information content (AvgIpc) is 3.22. The fourth-order valence-electron chi connectivity index (χ4n) is 4.22. The molecular formula is C26H29ClN4O2. The third-order valence-corrected chi connectivity index (χ3v) is 6.20. The summed E-state index contributed by atoms with van der Waals surface area (Å²) in [6.07, 6.45) is 13.3. The lowest BCUT2D eigenvalue weighted by atomic mass is 9.92. The summed E-state index contributed by atoms with van der Waals surface area (Å²) in [5.41, 5.74) is 3.84. The van der Waals surface area contributed by atoms with Gasteiger partial charge >= 0.3 is 0 Å². The highest BCUT2D eigenvalue weighted by Crippen LogP contribution is 2.28. The maximum atomic E-state index is 13.1. The number of Topliss-reactive ketones (excluding diaryl/α,β-unsaturated/α-hetero) is 1. The number of benzene rings is 1. The largest absolute Gasteiger partial charge is 0.368 e. The van der Waals surface area contributed by atoms with Crippen molar-refractivity contribution in [3.05, 3.63) is 64.7 Å². The normalized spacial score (nSPS) is 14.3. The van der Waals surface area contributed by atoms with E-state index < -0.39 is 0 Å². The zero-order valence-electron chi connectivity index (χ0n) is 19.1. The second-order valence-corrected chi connectivity index (χ2v) is 8.92. The van der Waals surface area contributed by atoms with Crippen LogP contribution in [0, 0.1) is 12.8 Å². The van der Waals surface area contributed by atoms with Gasteiger partial charge in [-0.25, -0.2) is 4.98 Å². The van der Waals surface area contributed by atoms with Crippen LogP contribution in [0.4, 0.5) is 5.82 Å². The van der Waals surface area contributed by atoms with E-state index in [2.05, 4.69) is 39.5 Å². The molecule has 0 unspecified atom stereocenters. The van der Waals surface area contributed by atoms with Crippen LogP contribution in [0.25, 0.3) is 16.6 Å². The number of hydrogen-bond donors (Lipinski definition) is 1. The zero-order valence-corrected chi connectivity index (χ0v) is 19.9. The summed E-state index contributed by atoms with van der Waals surface area (Å²) < 4.78 is 5.39. The molecule has 1 atom stereocenters. The Morgan fingerprint density at radius 2 is 2.12 bits per heavy atom. The van der Waals surface area contributed by atoms with Crippen LogP contribution in [0.2, 0.25) is 5.02 Å². The first-order valence-electron chi connectivity index (χ1n) is 11.6. The van der Waals surface area contributed by atoms with Crippen molar-refractivity contribution in [3.63, 3.8) is 0 Å². The number of allylic oxidation sites excluding steroid dienone is 4. The Labute approximate surface area is 199 Å². The molecule has 172 valence electrons. The van der Waals surface area contributed by atoms with Crippen molar-refractivity contribution in [2.45, 2.75) is 52.4 Å². The Bertz CT molecular complexity index is 1200. The molecule has 0 spiro atoms. The van der Waals surface area contributed by atoms with Crippen LogP contribution in [0.15, 0.2) is 47.1 Å². The van der Waals surface area contributed by atoms with E-state index in [-0.39, 0.29) is 5.78 Å². The second-order valence-electron chi connectivity index (χ2n) is 8.49. The van der Waals surface area contributed by atoms with Crippen LogP contribution in [0.1, 0.15) is 67.3 Å². The van der Waals surface area contributed by atoms with Crippen LogP contribution in [-0.2, 0) is 0 Å². The van der Waals surface area contributed by atoms with Crippen molar-refractivity contribution in [1.29, 1.82) is 0 Å². The fourth-order valence-corrected chi connectivity index (χ4v) is 4.39. The van der Waals surface area contributed by atoms with Gasteiger partial charge in [0.05, 0.1) is 22.8 Å². The van der Waals surface area contributed by atoms with Gasteiger partial charge in [-0.3, -0.25) is 9.78 Å². The number of hydrogen-bond acceptors (Lipinski definition) is 6. The molecule has 0 aliphatic heterocycles. The molecule has 0 fully saturated rings. The van der Waals surface area contributed by atoms with Gasteiger partial charge in [0.15, 0.2) is 5.78 Å². The number of nitrogens with one attached hydrogen (secondary N) is 1. The summed E-state index contributed by atoms with van der Waals surface area (Å²) in [5.74, 6) is 1.75. The van der Waals surface area contributed by atoms with Crippen molar-refractivity contribution in [2.75, 3.05) is 11.9 Å². The van der Waals surface area contributed by atoms with Gasteiger partial charge < -0.3 is 9.84 Å². The highest BCUT2D eigenvalue weighted by molar-refractivity contribution is 6.31. The number of carbonyl (C=O) groups is 1. The van der Waals surface area contributed by atoms with Gasteiger partial charge in [0, 0.05) is 23.6 Å². The van der Waals surface area contributed by atoms with E-state index >= 15 is 0 Å². The van der Waals surface area contributed by atoms with Gasteiger partial charge in [-0.05, 0) is 56.7 Å². The fraction of sp³-hybridized carbons (Fsp3) is 0.385. The van der Waals surface area contributed by atoms with Gasteiger partial charge in [0.2, 0.25) is 0 Å². The third kappa shape index (κ3) is 5.69. The van der Waals surface area contributed by atoms with Crippen LogP contribution in [-0.4, -0.2) is 27.5 Å². The maximum absolute atomic E-state index is 13.1. The number of carbonyl (C=O) groups excluding carboxylic acids is 1. The molecule has 1 aliphatic rings. The Morgan fingerprint density at radius 1 is 1.24 bits per heavy atom. The van der Waals surface area contributed by atoms with E-state index in [0.29, 0.717) is 34.4 Å². The van der Waals surface area contributed by atoms with Crippen molar-refractivity contribution in [3.8, 4) is 0 Å². The van der Waals surface area contributed by atoms with Crippen molar-refractivity contribution < 1.29 is 9.32 Å². The van der Waals surface area contributed by atoms with Crippen molar-refractivity contribution in [2.24, 2.45) is 5.92 Å². The lowest BCUT2D eigenvalue weighted by Gasteiger charge is -2.17. The molecule has 0 amide bonds. The molecule has 33 heavy (non-hydrogen) atoms. The number of rotatable bonds is 10. The molecule has 4 rings (SSSR count). The Balaban J connectivity index is 1.39. The molecule has 1 aromatic carbocycles. The number of ketones is 1. The predicted molar refractivity (Wildman–Crippen MR) is 133 cm³/mol. The molecule has 0 radical (unpaired) electrons. The third-order valence-electron chi connectivity index (χ3n) is 5.96. The highest BCUT2D eigenvalue weighted by atomic mass is 35.5. The van der Waals surface area contributed by atoms with E-state index in [1.54, 1.807) is 12.3 Å². The highest BCUT2D eigenvalue weighted by Gasteiger charge is 2.23. The first-order chi connectivity index (χ1) is 16.0. The molecule has 1 aliphatic carbocycles. The smallest absolute Gasteiger partial charge is 0.168 e. The predicted octanol–water partition coefficient (Wildman–Crippen LogP) is 6.80. The molecule has 6 nitrogen and oxygen atoms in total. The molecular weight excluding hydrogens is 436 g/mol. The number of nitrogens with zero attached hydrogens (tertiary/aromatic N) is 3. The zero-order chi connectivity index (χ0) is 23.2. The van der Waals surface area contributed by atoms with Crippen LogP contribution < -0.4 is 5.32 Å². The summed E-state index contributed by atoms with van der Waals surface area (Å²) in [5, 5.41) is 8.23. The summed E-state index contributed by atoms with van der Waals surface area (Å²) in [6.45, 7) is 4.71. The van der Waals surface area contributed by atoms with Gasteiger partial charge in [-0.2, -0.15) is 0 Å². The minimum atomic E-state index is 0.0899. The first kappa shape index (κ1) is 23.2. The summed E-state index contributed by atoms with van der Waals surface area (Å²) in [6, 6.07) is 5.49. The van der Waals surface area contributed by atoms with E-state index in [1.807, 2.05) is 25.1 Å². The molecule has 2 aromatic heterocycles. The van der Waals surface area contributed by atoms with Crippen LogP contribution in [0.5, 0.6) is 0 Å². The van der Waals surface area contributed by atoms with E-state index in [4.69, 9.17) is 16.1 Å². The monoisotopic (exact) mass is 464 g/mol.